The van der Waals surface area contributed by atoms with Crippen molar-refractivity contribution in [1.29, 1.82) is 0 Å². The van der Waals surface area contributed by atoms with Crippen molar-refractivity contribution in [3.8, 4) is 16.9 Å². The Kier molecular flexibility index (Phi) is 3.79. The second kappa shape index (κ2) is 5.29. The zero-order valence-electron chi connectivity index (χ0n) is 10.1. The van der Waals surface area contributed by atoms with E-state index < -0.39 is 0 Å². The van der Waals surface area contributed by atoms with E-state index in [1.54, 1.807) is 17.4 Å². The summed E-state index contributed by atoms with van der Waals surface area (Å²) in [6.45, 7) is 1.87. The van der Waals surface area contributed by atoms with Crippen LogP contribution < -0.4 is 0 Å². The Labute approximate surface area is 142 Å². The van der Waals surface area contributed by atoms with Gasteiger partial charge in [0.2, 0.25) is 0 Å². The lowest BCUT2D eigenvalue weighted by molar-refractivity contribution is 0.475. The molecule has 0 atom stereocenters. The molecule has 0 fully saturated rings. The molecule has 0 aliphatic heterocycles. The SMILES string of the molecule is Cc1c(-c2c(I)sc3ncnc(Cl)c23)ccc(O)c1Cl. The molecule has 0 aliphatic rings. The molecule has 0 spiro atoms. The number of hydrogen-bond acceptors (Lipinski definition) is 4. The molecule has 0 amide bonds. The maximum absolute atomic E-state index is 9.68. The Morgan fingerprint density at radius 3 is 2.75 bits per heavy atom. The number of phenolic OH excluding ortho intramolecular Hbond substituents is 1. The van der Waals surface area contributed by atoms with Crippen LogP contribution in [0.2, 0.25) is 10.2 Å². The van der Waals surface area contributed by atoms with Crippen LogP contribution in [0.5, 0.6) is 5.75 Å². The Morgan fingerprint density at radius 2 is 2.00 bits per heavy atom. The van der Waals surface area contributed by atoms with Gasteiger partial charge in [-0.3, -0.25) is 0 Å². The van der Waals surface area contributed by atoms with Crippen molar-refractivity contribution >= 4 is 67.3 Å². The third-order valence-electron chi connectivity index (χ3n) is 3.03. The molecule has 20 heavy (non-hydrogen) atoms. The zero-order valence-corrected chi connectivity index (χ0v) is 14.6. The Bertz CT molecular complexity index is 835. The minimum absolute atomic E-state index is 0.0739. The molecule has 0 radical (unpaired) electrons. The maximum Gasteiger partial charge on any atom is 0.141 e. The molecule has 3 nitrogen and oxygen atoms in total. The number of aromatic hydroxyl groups is 1. The summed E-state index contributed by atoms with van der Waals surface area (Å²) in [4.78, 5) is 9.15. The predicted molar refractivity (Wildman–Crippen MR) is 92.0 cm³/mol. The van der Waals surface area contributed by atoms with Crippen LogP contribution in [0.3, 0.4) is 0 Å². The predicted octanol–water partition coefficient (Wildman–Crippen LogP) is 5.28. The highest BCUT2D eigenvalue weighted by molar-refractivity contribution is 14.1. The number of benzene rings is 1. The van der Waals surface area contributed by atoms with Crippen LogP contribution in [-0.2, 0) is 0 Å². The van der Waals surface area contributed by atoms with Crippen LogP contribution in [0.1, 0.15) is 5.56 Å². The average molecular weight is 437 g/mol. The molecule has 7 heteroatoms. The molecule has 1 N–H and O–H groups in total. The van der Waals surface area contributed by atoms with Crippen LogP contribution >= 0.6 is 57.1 Å². The van der Waals surface area contributed by atoms with Crippen molar-refractivity contribution in [3.05, 3.63) is 37.1 Å². The first-order valence-electron chi connectivity index (χ1n) is 5.57. The van der Waals surface area contributed by atoms with Crippen molar-refractivity contribution in [1.82, 2.24) is 9.97 Å². The molecule has 2 heterocycles. The molecule has 0 saturated heterocycles. The van der Waals surface area contributed by atoms with Gasteiger partial charge < -0.3 is 5.11 Å². The van der Waals surface area contributed by atoms with Crippen LogP contribution in [0.4, 0.5) is 0 Å². The molecule has 0 bridgehead atoms. The fraction of sp³-hybridized carbons (Fsp3) is 0.0769. The fourth-order valence-electron chi connectivity index (χ4n) is 2.05. The summed E-state index contributed by atoms with van der Waals surface area (Å²) in [6, 6.07) is 3.42. The van der Waals surface area contributed by atoms with Gasteiger partial charge in [-0.25, -0.2) is 9.97 Å². The van der Waals surface area contributed by atoms with Crippen LogP contribution in [-0.4, -0.2) is 15.1 Å². The lowest BCUT2D eigenvalue weighted by Crippen LogP contribution is -1.87. The quantitative estimate of drug-likeness (QED) is 0.416. The van der Waals surface area contributed by atoms with Crippen molar-refractivity contribution in [2.24, 2.45) is 0 Å². The summed E-state index contributed by atoms with van der Waals surface area (Å²) in [7, 11) is 0. The lowest BCUT2D eigenvalue weighted by Gasteiger charge is -2.09. The third-order valence-corrected chi connectivity index (χ3v) is 5.88. The highest BCUT2D eigenvalue weighted by atomic mass is 127. The van der Waals surface area contributed by atoms with E-state index in [9.17, 15) is 5.11 Å². The van der Waals surface area contributed by atoms with E-state index in [0.717, 1.165) is 29.8 Å². The third kappa shape index (κ3) is 2.16. The van der Waals surface area contributed by atoms with Gasteiger partial charge >= 0.3 is 0 Å². The highest BCUT2D eigenvalue weighted by Crippen LogP contribution is 2.44. The van der Waals surface area contributed by atoms with Gasteiger partial charge in [0.15, 0.2) is 0 Å². The molecule has 0 saturated carbocycles. The van der Waals surface area contributed by atoms with Gasteiger partial charge in [0.1, 0.15) is 22.1 Å². The molecule has 3 aromatic rings. The average Bonchev–Trinajstić information content (AvgIpc) is 2.74. The molecular formula is C13H7Cl2IN2OS. The summed E-state index contributed by atoms with van der Waals surface area (Å²) < 4.78 is 1.06. The largest absolute Gasteiger partial charge is 0.506 e. The van der Waals surface area contributed by atoms with Crippen molar-refractivity contribution in [2.75, 3.05) is 0 Å². The van der Waals surface area contributed by atoms with Crippen molar-refractivity contribution in [3.63, 3.8) is 0 Å². The standard InChI is InChI=1S/C13H7Cl2IN2OS/c1-5-6(2-3-7(19)10(5)14)8-9-11(15)17-4-18-13(9)20-12(8)16/h2-4,19H,1H3. The van der Waals surface area contributed by atoms with E-state index in [-0.39, 0.29) is 5.75 Å². The Balaban J connectivity index is 2.41. The summed E-state index contributed by atoms with van der Waals surface area (Å²) >= 11 is 16.2. The molecule has 0 aliphatic carbocycles. The molecule has 1 aromatic carbocycles. The van der Waals surface area contributed by atoms with Crippen LogP contribution in [0, 0.1) is 9.81 Å². The number of rotatable bonds is 1. The zero-order chi connectivity index (χ0) is 14.4. The Hall–Kier alpha value is -0.630. The number of fused-ring (bicyclic) bond motifs is 1. The first kappa shape index (κ1) is 14.3. The molecule has 0 unspecified atom stereocenters. The summed E-state index contributed by atoms with van der Waals surface area (Å²) in [5, 5.41) is 11.3. The topological polar surface area (TPSA) is 46.0 Å². The highest BCUT2D eigenvalue weighted by Gasteiger charge is 2.19. The first-order valence-corrected chi connectivity index (χ1v) is 8.22. The van der Waals surface area contributed by atoms with E-state index in [2.05, 4.69) is 32.6 Å². The number of halogens is 3. The van der Waals surface area contributed by atoms with E-state index in [0.29, 0.717) is 10.2 Å². The molecular weight excluding hydrogens is 430 g/mol. The minimum atomic E-state index is 0.0739. The fourth-order valence-corrected chi connectivity index (χ4v) is 4.57. The van der Waals surface area contributed by atoms with Gasteiger partial charge in [-0.2, -0.15) is 0 Å². The lowest BCUT2D eigenvalue weighted by atomic mass is 10.0. The summed E-state index contributed by atoms with van der Waals surface area (Å²) in [5.74, 6) is 0.0739. The number of thiophene rings is 1. The monoisotopic (exact) mass is 436 g/mol. The summed E-state index contributed by atoms with van der Waals surface area (Å²) in [6.07, 6.45) is 1.46. The van der Waals surface area contributed by atoms with E-state index in [1.807, 2.05) is 13.0 Å². The number of phenols is 1. The normalized spacial score (nSPS) is 11.2. The maximum atomic E-state index is 9.68. The van der Waals surface area contributed by atoms with Gasteiger partial charge in [-0.15, -0.1) is 11.3 Å². The molecule has 102 valence electrons. The second-order valence-electron chi connectivity index (χ2n) is 4.17. The first-order chi connectivity index (χ1) is 9.50. The molecule has 3 rings (SSSR count). The van der Waals surface area contributed by atoms with Crippen molar-refractivity contribution < 1.29 is 5.11 Å². The van der Waals surface area contributed by atoms with Gasteiger partial charge in [-0.05, 0) is 46.7 Å². The molecule has 2 aromatic heterocycles. The number of nitrogens with zero attached hydrogens (tertiary/aromatic N) is 2. The van der Waals surface area contributed by atoms with Crippen molar-refractivity contribution in [2.45, 2.75) is 6.92 Å². The number of aromatic nitrogens is 2. The Morgan fingerprint density at radius 1 is 1.25 bits per heavy atom. The van der Waals surface area contributed by atoms with E-state index in [1.165, 1.54) is 6.33 Å². The van der Waals surface area contributed by atoms with E-state index >= 15 is 0 Å². The number of hydrogen-bond donors (Lipinski definition) is 1. The minimum Gasteiger partial charge on any atom is -0.506 e. The van der Waals surface area contributed by atoms with Crippen LogP contribution in [0.25, 0.3) is 21.3 Å². The van der Waals surface area contributed by atoms with Gasteiger partial charge in [0.05, 0.1) is 13.3 Å². The van der Waals surface area contributed by atoms with Gasteiger partial charge in [-0.1, -0.05) is 29.3 Å². The second-order valence-corrected chi connectivity index (χ2v) is 7.71. The summed E-state index contributed by atoms with van der Waals surface area (Å²) in [5.41, 5.74) is 2.71. The van der Waals surface area contributed by atoms with Gasteiger partial charge in [0, 0.05) is 5.56 Å². The van der Waals surface area contributed by atoms with Gasteiger partial charge in [0.25, 0.3) is 0 Å². The van der Waals surface area contributed by atoms with Crippen LogP contribution in [0.15, 0.2) is 18.5 Å². The smallest absolute Gasteiger partial charge is 0.141 e. The van der Waals surface area contributed by atoms with E-state index in [4.69, 9.17) is 23.2 Å².